The maximum atomic E-state index is 12.5. The van der Waals surface area contributed by atoms with Gasteiger partial charge in [-0.2, -0.15) is 0 Å². The number of hydrogen-bond acceptors (Lipinski definition) is 5. The van der Waals surface area contributed by atoms with Gasteiger partial charge in [0.05, 0.1) is 0 Å². The van der Waals surface area contributed by atoms with Gasteiger partial charge >= 0.3 is 0 Å². The third-order valence-corrected chi connectivity index (χ3v) is 6.74. The van der Waals surface area contributed by atoms with Gasteiger partial charge in [0.2, 0.25) is 0 Å². The summed E-state index contributed by atoms with van der Waals surface area (Å²) in [5.74, 6) is 10.2. The Labute approximate surface area is 197 Å². The number of hydrogen-bond donors (Lipinski definition) is 4. The monoisotopic (exact) mass is 454 g/mol. The van der Waals surface area contributed by atoms with E-state index in [4.69, 9.17) is 16.4 Å². The van der Waals surface area contributed by atoms with Crippen LogP contribution in [0.25, 0.3) is 21.5 Å². The Hall–Kier alpha value is -3.78. The molecule has 1 saturated heterocycles. The van der Waals surface area contributed by atoms with Crippen LogP contribution in [0, 0.1) is 0 Å². The fraction of sp³-hybridized carbons (Fsp3) is 0.185. The van der Waals surface area contributed by atoms with Crippen molar-refractivity contribution in [3.05, 3.63) is 95.1 Å². The van der Waals surface area contributed by atoms with Crippen molar-refractivity contribution in [2.45, 2.75) is 24.9 Å². The van der Waals surface area contributed by atoms with Crippen molar-refractivity contribution in [1.29, 1.82) is 0 Å². The zero-order valence-electron chi connectivity index (χ0n) is 18.6. The highest BCUT2D eigenvalue weighted by Gasteiger charge is 2.40. The van der Waals surface area contributed by atoms with Crippen molar-refractivity contribution in [2.75, 3.05) is 6.61 Å². The summed E-state index contributed by atoms with van der Waals surface area (Å²) < 4.78 is 6.66. The third kappa shape index (κ3) is 3.42. The molecule has 0 aromatic heterocycles. The summed E-state index contributed by atoms with van der Waals surface area (Å²) >= 11 is 0. The Morgan fingerprint density at radius 3 is 1.56 bits per heavy atom. The highest BCUT2D eigenvalue weighted by molar-refractivity contribution is 6.09. The summed E-state index contributed by atoms with van der Waals surface area (Å²) in [5.41, 5.74) is 6.72. The molecule has 7 heteroatoms. The number of carbonyl (C=O) groups excluding carboxylic acids is 2. The molecular weight excluding hydrogens is 428 g/mol. The van der Waals surface area contributed by atoms with Crippen molar-refractivity contribution >= 4 is 33.4 Å². The quantitative estimate of drug-likeness (QED) is 0.213. The zero-order valence-corrected chi connectivity index (χ0v) is 18.6. The van der Waals surface area contributed by atoms with Gasteiger partial charge in [-0.25, -0.2) is 11.7 Å². The lowest BCUT2D eigenvalue weighted by Gasteiger charge is -2.40. The number of nitrogens with two attached hydrogens (primary N) is 2. The number of amides is 2. The molecule has 34 heavy (non-hydrogen) atoms. The molecule has 4 aromatic rings. The minimum atomic E-state index is -0.743. The molecule has 0 aliphatic carbocycles. The third-order valence-electron chi connectivity index (χ3n) is 6.74. The second kappa shape index (κ2) is 8.87. The van der Waals surface area contributed by atoms with Crippen LogP contribution in [-0.4, -0.2) is 18.4 Å². The number of benzene rings is 4. The highest BCUT2D eigenvalue weighted by Crippen LogP contribution is 2.47. The average molecular weight is 455 g/mol. The maximum absolute atomic E-state index is 12.5. The van der Waals surface area contributed by atoms with Crippen molar-refractivity contribution in [2.24, 2.45) is 11.7 Å². The number of hydrazine groups is 2. The van der Waals surface area contributed by atoms with E-state index in [1.807, 2.05) is 60.7 Å². The number of ether oxygens (including phenoxy) is 1. The highest BCUT2D eigenvalue weighted by atomic mass is 16.5. The Bertz CT molecular complexity index is 1310. The van der Waals surface area contributed by atoms with E-state index in [0.29, 0.717) is 17.7 Å². The average Bonchev–Trinajstić information content (AvgIpc) is 2.91. The molecule has 0 atom stereocenters. The van der Waals surface area contributed by atoms with Crippen molar-refractivity contribution < 1.29 is 14.3 Å². The molecule has 0 bridgehead atoms. The fourth-order valence-electron chi connectivity index (χ4n) is 5.22. The van der Waals surface area contributed by atoms with Gasteiger partial charge in [-0.1, -0.05) is 60.7 Å². The SMILES string of the molecule is NNC(=O)c1ccc(C2(c3ccc(C(=O)NN)c4ccccc34)CCCCO2)c2ccccc12. The van der Waals surface area contributed by atoms with Crippen LogP contribution in [-0.2, 0) is 10.3 Å². The molecule has 1 heterocycles. The molecule has 0 radical (unpaired) electrons. The maximum Gasteiger partial charge on any atom is 0.265 e. The van der Waals surface area contributed by atoms with Crippen molar-refractivity contribution in [3.8, 4) is 0 Å². The smallest absolute Gasteiger partial charge is 0.265 e. The molecule has 4 aromatic carbocycles. The van der Waals surface area contributed by atoms with Crippen LogP contribution in [0.3, 0.4) is 0 Å². The normalized spacial score (nSPS) is 15.2. The first kappa shape index (κ1) is 22.0. The van der Waals surface area contributed by atoms with Gasteiger partial charge in [0.1, 0.15) is 5.60 Å². The lowest BCUT2D eigenvalue weighted by molar-refractivity contribution is -0.0513. The number of nitrogens with one attached hydrogen (secondary N) is 2. The summed E-state index contributed by atoms with van der Waals surface area (Å²) in [4.78, 5) is 24.9. The van der Waals surface area contributed by atoms with Gasteiger partial charge in [0.25, 0.3) is 11.8 Å². The molecule has 6 N–H and O–H groups in total. The molecule has 5 rings (SSSR count). The first-order valence-electron chi connectivity index (χ1n) is 11.3. The predicted molar refractivity (Wildman–Crippen MR) is 132 cm³/mol. The fourth-order valence-corrected chi connectivity index (χ4v) is 5.22. The summed E-state index contributed by atoms with van der Waals surface area (Å²) in [6.45, 7) is 0.610. The molecule has 0 unspecified atom stereocenters. The second-order valence-electron chi connectivity index (χ2n) is 8.49. The Balaban J connectivity index is 1.82. The van der Waals surface area contributed by atoms with Crippen LogP contribution in [0.4, 0.5) is 0 Å². The zero-order chi connectivity index (χ0) is 23.7. The molecule has 0 spiro atoms. The van der Waals surface area contributed by atoms with Crippen LogP contribution in [0.1, 0.15) is 51.1 Å². The summed E-state index contributed by atoms with van der Waals surface area (Å²) in [7, 11) is 0. The first-order chi connectivity index (χ1) is 16.6. The van der Waals surface area contributed by atoms with E-state index in [2.05, 4.69) is 10.9 Å². The largest absolute Gasteiger partial charge is 0.365 e. The first-order valence-corrected chi connectivity index (χ1v) is 11.3. The number of nitrogen functional groups attached to an aromatic ring is 2. The van der Waals surface area contributed by atoms with Gasteiger partial charge in [-0.05, 0) is 64.1 Å². The van der Waals surface area contributed by atoms with E-state index in [0.717, 1.165) is 51.9 Å². The number of fused-ring (bicyclic) bond motifs is 2. The number of carbonyl (C=O) groups is 2. The molecule has 1 fully saturated rings. The van der Waals surface area contributed by atoms with Gasteiger partial charge in [-0.3, -0.25) is 20.4 Å². The van der Waals surface area contributed by atoms with E-state index >= 15 is 0 Å². The van der Waals surface area contributed by atoms with Crippen LogP contribution in [0.5, 0.6) is 0 Å². The summed E-state index contributed by atoms with van der Waals surface area (Å²) in [6.07, 6.45) is 2.73. The van der Waals surface area contributed by atoms with Crippen LogP contribution in [0.15, 0.2) is 72.8 Å². The van der Waals surface area contributed by atoms with Gasteiger partial charge in [-0.15, -0.1) is 0 Å². The van der Waals surface area contributed by atoms with Crippen LogP contribution in [0.2, 0.25) is 0 Å². The standard InChI is InChI=1S/C27H26N4O3/c28-30-25(32)21-11-13-23(19-9-3-1-7-17(19)21)27(15-5-6-16-34-27)24-14-12-22(26(33)31-29)18-8-2-4-10-20(18)24/h1-4,7-14H,5-6,15-16,28-29H2,(H,30,32)(H,31,33). The molecule has 7 nitrogen and oxygen atoms in total. The minimum absolute atomic E-state index is 0.344. The van der Waals surface area contributed by atoms with Gasteiger partial charge in [0, 0.05) is 17.7 Å². The van der Waals surface area contributed by atoms with E-state index < -0.39 is 5.60 Å². The molecule has 172 valence electrons. The molecule has 0 saturated carbocycles. The topological polar surface area (TPSA) is 119 Å². The van der Waals surface area contributed by atoms with Crippen LogP contribution < -0.4 is 22.5 Å². The summed E-state index contributed by atoms with van der Waals surface area (Å²) in [5, 5.41) is 3.47. The Kier molecular flexibility index (Phi) is 5.75. The summed E-state index contributed by atoms with van der Waals surface area (Å²) in [6, 6.07) is 23.1. The molecule has 1 aliphatic heterocycles. The lowest BCUT2D eigenvalue weighted by atomic mass is 9.76. The Morgan fingerprint density at radius 1 is 0.676 bits per heavy atom. The minimum Gasteiger partial charge on any atom is -0.365 e. The van der Waals surface area contributed by atoms with Crippen molar-refractivity contribution in [1.82, 2.24) is 10.9 Å². The van der Waals surface area contributed by atoms with E-state index in [1.165, 1.54) is 0 Å². The predicted octanol–water partition coefficient (Wildman–Crippen LogP) is 3.64. The number of rotatable bonds is 4. The Morgan fingerprint density at radius 2 is 1.15 bits per heavy atom. The van der Waals surface area contributed by atoms with Gasteiger partial charge < -0.3 is 4.74 Å². The van der Waals surface area contributed by atoms with E-state index in [1.54, 1.807) is 12.1 Å². The molecule has 1 aliphatic rings. The molecule has 2 amide bonds. The molecular formula is C27H26N4O3. The second-order valence-corrected chi connectivity index (χ2v) is 8.49. The van der Waals surface area contributed by atoms with Crippen molar-refractivity contribution in [3.63, 3.8) is 0 Å². The van der Waals surface area contributed by atoms with Crippen LogP contribution >= 0.6 is 0 Å². The van der Waals surface area contributed by atoms with E-state index in [9.17, 15) is 9.59 Å². The van der Waals surface area contributed by atoms with Gasteiger partial charge in [0.15, 0.2) is 0 Å². The lowest BCUT2D eigenvalue weighted by Crippen LogP contribution is -2.36. The van der Waals surface area contributed by atoms with E-state index in [-0.39, 0.29) is 11.8 Å².